The Kier molecular flexibility index (Phi) is 8.75. The van der Waals surface area contributed by atoms with Crippen LogP contribution in [0.4, 0.5) is 0 Å². The van der Waals surface area contributed by atoms with Gasteiger partial charge in [-0.1, -0.05) is 75.9 Å². The predicted molar refractivity (Wildman–Crippen MR) is 86.1 cm³/mol. The molecule has 0 aliphatic rings. The second-order valence-corrected chi connectivity index (χ2v) is 5.87. The number of hydrogen-bond acceptors (Lipinski definition) is 1. The minimum Gasteiger partial charge on any atom is -0.157 e. The van der Waals surface area contributed by atoms with Gasteiger partial charge < -0.3 is 0 Å². The lowest BCUT2D eigenvalue weighted by Crippen LogP contribution is -1.85. The topological polar surface area (TPSA) is 0 Å². The Balaban J connectivity index is 2.01. The summed E-state index contributed by atoms with van der Waals surface area (Å²) < 4.78 is 0. The van der Waals surface area contributed by atoms with E-state index in [1.807, 2.05) is 6.08 Å². The van der Waals surface area contributed by atoms with Crippen LogP contribution in [0.3, 0.4) is 0 Å². The van der Waals surface area contributed by atoms with Gasteiger partial charge in [0.25, 0.3) is 0 Å². The normalized spacial score (nSPS) is 10.5. The van der Waals surface area contributed by atoms with E-state index < -0.39 is 0 Å². The van der Waals surface area contributed by atoms with Crippen molar-refractivity contribution in [1.82, 2.24) is 0 Å². The van der Waals surface area contributed by atoms with E-state index in [9.17, 15) is 0 Å². The van der Waals surface area contributed by atoms with Crippen molar-refractivity contribution in [1.29, 1.82) is 0 Å². The number of rotatable bonds is 10. The molecule has 0 aliphatic heterocycles. The third kappa shape index (κ3) is 6.90. The van der Waals surface area contributed by atoms with Crippen LogP contribution >= 0.6 is 11.8 Å². The predicted octanol–water partition coefficient (Wildman–Crippen LogP) is 5.92. The third-order valence-corrected chi connectivity index (χ3v) is 4.24. The maximum Gasteiger partial charge on any atom is 0.0184 e. The molecule has 0 aromatic heterocycles. The second-order valence-electron chi connectivity index (χ2n) is 4.77. The van der Waals surface area contributed by atoms with Crippen molar-refractivity contribution >= 4 is 17.8 Å². The zero-order valence-electron chi connectivity index (χ0n) is 11.7. The minimum absolute atomic E-state index is 1.15. The van der Waals surface area contributed by atoms with Crippen molar-refractivity contribution in [2.75, 3.05) is 5.75 Å². The highest BCUT2D eigenvalue weighted by Gasteiger charge is 1.95. The van der Waals surface area contributed by atoms with Crippen molar-refractivity contribution in [2.24, 2.45) is 0 Å². The van der Waals surface area contributed by atoms with Gasteiger partial charge in [-0.2, -0.15) is 11.8 Å². The molecule has 0 heterocycles. The molecule has 0 radical (unpaired) electrons. The van der Waals surface area contributed by atoms with Gasteiger partial charge >= 0.3 is 0 Å². The standard InChI is InChI=1S/C17H26S/c1-3-5-6-7-8-9-14-18-15-17-12-10-16(4-2)11-13-17/h4,10-13H,2-3,5-9,14-15H2,1H3. The van der Waals surface area contributed by atoms with Gasteiger partial charge in [-0.15, -0.1) is 0 Å². The molecular weight excluding hydrogens is 236 g/mol. The van der Waals surface area contributed by atoms with Crippen LogP contribution in [0.2, 0.25) is 0 Å². The van der Waals surface area contributed by atoms with Crippen molar-refractivity contribution in [3.63, 3.8) is 0 Å². The first-order valence-corrected chi connectivity index (χ1v) is 8.31. The van der Waals surface area contributed by atoms with E-state index in [0.717, 1.165) is 5.75 Å². The van der Waals surface area contributed by atoms with Crippen LogP contribution < -0.4 is 0 Å². The molecule has 0 saturated carbocycles. The highest BCUT2D eigenvalue weighted by molar-refractivity contribution is 7.98. The number of unbranched alkanes of at least 4 members (excludes halogenated alkanes) is 5. The van der Waals surface area contributed by atoms with E-state index in [2.05, 4.69) is 49.5 Å². The van der Waals surface area contributed by atoms with Crippen LogP contribution in [0.25, 0.3) is 6.08 Å². The smallest absolute Gasteiger partial charge is 0.0184 e. The average Bonchev–Trinajstić information content (AvgIpc) is 2.42. The molecule has 0 bridgehead atoms. The molecule has 1 rings (SSSR count). The summed E-state index contributed by atoms with van der Waals surface area (Å²) in [5.41, 5.74) is 2.64. The Bertz CT molecular complexity index is 313. The van der Waals surface area contributed by atoms with Crippen molar-refractivity contribution in [2.45, 2.75) is 51.2 Å². The molecule has 0 atom stereocenters. The summed E-state index contributed by atoms with van der Waals surface area (Å²) >= 11 is 2.06. The van der Waals surface area contributed by atoms with E-state index in [-0.39, 0.29) is 0 Å². The fourth-order valence-corrected chi connectivity index (χ4v) is 2.91. The summed E-state index contributed by atoms with van der Waals surface area (Å²) in [7, 11) is 0. The zero-order chi connectivity index (χ0) is 13.1. The van der Waals surface area contributed by atoms with Crippen molar-refractivity contribution in [3.05, 3.63) is 42.0 Å². The monoisotopic (exact) mass is 262 g/mol. The fourth-order valence-electron chi connectivity index (χ4n) is 1.92. The lowest BCUT2D eigenvalue weighted by molar-refractivity contribution is 0.627. The average molecular weight is 262 g/mol. The molecule has 0 unspecified atom stereocenters. The first kappa shape index (κ1) is 15.4. The molecule has 18 heavy (non-hydrogen) atoms. The molecule has 1 aromatic rings. The molecule has 0 fully saturated rings. The number of hydrogen-bond donors (Lipinski definition) is 0. The molecule has 1 aromatic carbocycles. The van der Waals surface area contributed by atoms with Gasteiger partial charge in [0.1, 0.15) is 0 Å². The maximum absolute atomic E-state index is 3.77. The van der Waals surface area contributed by atoms with Crippen LogP contribution in [0.1, 0.15) is 56.6 Å². The van der Waals surface area contributed by atoms with E-state index >= 15 is 0 Å². The quantitative estimate of drug-likeness (QED) is 0.471. The summed E-state index contributed by atoms with van der Waals surface area (Å²) in [5.74, 6) is 2.45. The van der Waals surface area contributed by atoms with Gasteiger partial charge in [-0.05, 0) is 23.3 Å². The SMILES string of the molecule is C=Cc1ccc(CSCCCCCCCC)cc1. The van der Waals surface area contributed by atoms with E-state index in [4.69, 9.17) is 0 Å². The Morgan fingerprint density at radius 2 is 1.67 bits per heavy atom. The first-order chi connectivity index (χ1) is 8.86. The molecule has 0 N–H and O–H groups in total. The van der Waals surface area contributed by atoms with Crippen molar-refractivity contribution < 1.29 is 0 Å². The Morgan fingerprint density at radius 3 is 2.33 bits per heavy atom. The van der Waals surface area contributed by atoms with Crippen LogP contribution in [0.15, 0.2) is 30.8 Å². The summed E-state index contributed by atoms with van der Waals surface area (Å²) in [4.78, 5) is 0. The van der Waals surface area contributed by atoms with Gasteiger partial charge in [-0.3, -0.25) is 0 Å². The summed E-state index contributed by atoms with van der Waals surface area (Å²) in [5, 5.41) is 0. The molecule has 0 aliphatic carbocycles. The second kappa shape index (κ2) is 10.3. The summed E-state index contributed by atoms with van der Waals surface area (Å²) in [6.07, 6.45) is 10.3. The van der Waals surface area contributed by atoms with Gasteiger partial charge in [0, 0.05) is 5.75 Å². The van der Waals surface area contributed by atoms with E-state index in [1.165, 1.54) is 55.4 Å². The molecule has 0 amide bonds. The number of thioether (sulfide) groups is 1. The zero-order valence-corrected chi connectivity index (χ0v) is 12.5. The summed E-state index contributed by atoms with van der Waals surface area (Å²) in [6.45, 7) is 6.04. The van der Waals surface area contributed by atoms with Gasteiger partial charge in [0.2, 0.25) is 0 Å². The van der Waals surface area contributed by atoms with Crippen LogP contribution in [0, 0.1) is 0 Å². The first-order valence-electron chi connectivity index (χ1n) is 7.16. The minimum atomic E-state index is 1.15. The molecule has 0 spiro atoms. The largest absolute Gasteiger partial charge is 0.157 e. The van der Waals surface area contributed by atoms with E-state index in [0.29, 0.717) is 0 Å². The highest BCUT2D eigenvalue weighted by Crippen LogP contribution is 2.16. The Labute approximate surface area is 117 Å². The molecule has 0 saturated heterocycles. The third-order valence-electron chi connectivity index (χ3n) is 3.13. The molecular formula is C17H26S. The number of benzene rings is 1. The fraction of sp³-hybridized carbons (Fsp3) is 0.529. The van der Waals surface area contributed by atoms with Gasteiger partial charge in [0.15, 0.2) is 0 Å². The molecule has 100 valence electrons. The van der Waals surface area contributed by atoms with Gasteiger partial charge in [0.05, 0.1) is 0 Å². The lowest BCUT2D eigenvalue weighted by atomic mass is 10.1. The highest BCUT2D eigenvalue weighted by atomic mass is 32.2. The lowest BCUT2D eigenvalue weighted by Gasteiger charge is -2.03. The Morgan fingerprint density at radius 1 is 1.00 bits per heavy atom. The van der Waals surface area contributed by atoms with Crippen LogP contribution in [-0.2, 0) is 5.75 Å². The van der Waals surface area contributed by atoms with Crippen LogP contribution in [0.5, 0.6) is 0 Å². The molecule has 0 nitrogen and oxygen atoms in total. The summed E-state index contributed by atoms with van der Waals surface area (Å²) in [6, 6.07) is 8.72. The van der Waals surface area contributed by atoms with Gasteiger partial charge in [-0.25, -0.2) is 0 Å². The Hall–Kier alpha value is -0.690. The maximum atomic E-state index is 3.77. The molecule has 1 heteroatoms. The van der Waals surface area contributed by atoms with Crippen LogP contribution in [-0.4, -0.2) is 5.75 Å². The van der Waals surface area contributed by atoms with Crippen molar-refractivity contribution in [3.8, 4) is 0 Å². The van der Waals surface area contributed by atoms with E-state index in [1.54, 1.807) is 0 Å².